The van der Waals surface area contributed by atoms with E-state index in [1.807, 2.05) is 37.3 Å². The summed E-state index contributed by atoms with van der Waals surface area (Å²) < 4.78 is 6.67. The average Bonchev–Trinajstić information content (AvgIpc) is 3.24. The number of rotatable bonds is 4. The normalized spacial score (nSPS) is 13.9. The standard InChI is InChI=1S/C23H21N3O3/c1-14(2)29-23(28)16-8-10-18(11-9-16)26-22(27)20(15(3)25-26)12-17-13-24-21-7-5-4-6-19(17)21/h4-14,25H,1-3H3. The number of nitrogens with one attached hydrogen (secondary N) is 1. The number of aromatic amines is 1. The SMILES string of the molecule is Cc1[nH]n(-c2ccc(C(=O)OC(C)C)cc2)c(=O)c1C=C1C=Nc2ccccc21. The summed E-state index contributed by atoms with van der Waals surface area (Å²) in [5, 5.41) is 3.11. The van der Waals surface area contributed by atoms with Gasteiger partial charge in [0.05, 0.1) is 28.6 Å². The molecule has 2 heterocycles. The van der Waals surface area contributed by atoms with E-state index in [1.165, 1.54) is 4.68 Å². The molecule has 1 N–H and O–H groups in total. The fourth-order valence-corrected chi connectivity index (χ4v) is 3.25. The highest BCUT2D eigenvalue weighted by atomic mass is 16.5. The van der Waals surface area contributed by atoms with Crippen LogP contribution in [0, 0.1) is 6.92 Å². The number of aromatic nitrogens is 2. The molecular weight excluding hydrogens is 366 g/mol. The van der Waals surface area contributed by atoms with E-state index in [9.17, 15) is 9.59 Å². The number of aliphatic imine (C=N–C) groups is 1. The molecule has 3 aromatic rings. The predicted octanol–water partition coefficient (Wildman–Crippen LogP) is 4.30. The van der Waals surface area contributed by atoms with Crippen molar-refractivity contribution in [3.05, 3.63) is 81.3 Å². The number of para-hydroxylation sites is 1. The summed E-state index contributed by atoms with van der Waals surface area (Å²) in [5.74, 6) is -0.383. The van der Waals surface area contributed by atoms with Crippen LogP contribution in [-0.4, -0.2) is 28.1 Å². The molecule has 146 valence electrons. The Hall–Kier alpha value is -3.67. The predicted molar refractivity (Wildman–Crippen MR) is 114 cm³/mol. The van der Waals surface area contributed by atoms with Crippen LogP contribution >= 0.6 is 0 Å². The van der Waals surface area contributed by atoms with Gasteiger partial charge in [-0.05, 0) is 57.2 Å². The first-order chi connectivity index (χ1) is 13.9. The number of hydrogen-bond donors (Lipinski definition) is 1. The molecular formula is C23H21N3O3. The summed E-state index contributed by atoms with van der Waals surface area (Å²) in [6.07, 6.45) is 3.44. The summed E-state index contributed by atoms with van der Waals surface area (Å²) in [4.78, 5) is 29.4. The molecule has 0 fully saturated rings. The van der Waals surface area contributed by atoms with Crippen LogP contribution in [-0.2, 0) is 4.74 Å². The largest absolute Gasteiger partial charge is 0.459 e. The number of allylic oxidation sites excluding steroid dienone is 1. The number of carbonyl (C=O) groups is 1. The van der Waals surface area contributed by atoms with Gasteiger partial charge in [0.1, 0.15) is 0 Å². The molecule has 1 aliphatic rings. The van der Waals surface area contributed by atoms with Gasteiger partial charge in [-0.15, -0.1) is 0 Å². The van der Waals surface area contributed by atoms with Gasteiger partial charge in [0, 0.05) is 23.0 Å². The number of carbonyl (C=O) groups excluding carboxylic acids is 1. The molecule has 0 aliphatic carbocycles. The zero-order valence-corrected chi connectivity index (χ0v) is 16.5. The molecule has 0 spiro atoms. The maximum absolute atomic E-state index is 13.0. The second-order valence-corrected chi connectivity index (χ2v) is 7.17. The smallest absolute Gasteiger partial charge is 0.338 e. The summed E-state index contributed by atoms with van der Waals surface area (Å²) >= 11 is 0. The van der Waals surface area contributed by atoms with Gasteiger partial charge in [-0.3, -0.25) is 14.9 Å². The van der Waals surface area contributed by atoms with E-state index in [0.717, 1.165) is 22.5 Å². The minimum absolute atomic E-state index is 0.162. The highest BCUT2D eigenvalue weighted by Gasteiger charge is 2.16. The van der Waals surface area contributed by atoms with Crippen molar-refractivity contribution in [2.75, 3.05) is 0 Å². The minimum atomic E-state index is -0.383. The van der Waals surface area contributed by atoms with Crippen LogP contribution in [0.25, 0.3) is 17.3 Å². The van der Waals surface area contributed by atoms with Crippen LogP contribution in [0.2, 0.25) is 0 Å². The molecule has 4 rings (SSSR count). The first-order valence-corrected chi connectivity index (χ1v) is 9.42. The minimum Gasteiger partial charge on any atom is -0.459 e. The van der Waals surface area contributed by atoms with Crippen LogP contribution in [0.15, 0.2) is 58.3 Å². The van der Waals surface area contributed by atoms with Gasteiger partial charge in [0.25, 0.3) is 5.56 Å². The zero-order valence-electron chi connectivity index (χ0n) is 16.5. The van der Waals surface area contributed by atoms with Gasteiger partial charge < -0.3 is 4.74 Å². The number of fused-ring (bicyclic) bond motifs is 1. The molecule has 6 nitrogen and oxygen atoms in total. The van der Waals surface area contributed by atoms with Crippen molar-refractivity contribution in [1.82, 2.24) is 9.78 Å². The molecule has 0 bridgehead atoms. The first-order valence-electron chi connectivity index (χ1n) is 9.42. The van der Waals surface area contributed by atoms with Crippen molar-refractivity contribution in [2.24, 2.45) is 4.99 Å². The van der Waals surface area contributed by atoms with Crippen LogP contribution in [0.1, 0.15) is 41.0 Å². The van der Waals surface area contributed by atoms with Gasteiger partial charge in [-0.2, -0.15) is 0 Å². The maximum atomic E-state index is 13.0. The summed E-state index contributed by atoms with van der Waals surface area (Å²) in [6.45, 7) is 5.46. The van der Waals surface area contributed by atoms with E-state index in [1.54, 1.807) is 44.3 Å². The fourth-order valence-electron chi connectivity index (χ4n) is 3.25. The van der Waals surface area contributed by atoms with Crippen LogP contribution in [0.3, 0.4) is 0 Å². The van der Waals surface area contributed by atoms with E-state index in [4.69, 9.17) is 4.74 Å². The van der Waals surface area contributed by atoms with Crippen LogP contribution < -0.4 is 5.56 Å². The molecule has 1 aromatic heterocycles. The lowest BCUT2D eigenvalue weighted by molar-refractivity contribution is 0.0378. The van der Waals surface area contributed by atoms with Crippen molar-refractivity contribution >= 4 is 29.5 Å². The lowest BCUT2D eigenvalue weighted by Gasteiger charge is -2.08. The van der Waals surface area contributed by atoms with Gasteiger partial charge in [0.15, 0.2) is 0 Å². The third-order valence-electron chi connectivity index (χ3n) is 4.68. The molecule has 0 radical (unpaired) electrons. The number of aryl methyl sites for hydroxylation is 1. The molecule has 6 heteroatoms. The van der Waals surface area contributed by atoms with Crippen molar-refractivity contribution < 1.29 is 9.53 Å². The van der Waals surface area contributed by atoms with E-state index < -0.39 is 0 Å². The fraction of sp³-hybridized carbons (Fsp3) is 0.174. The molecule has 0 atom stereocenters. The Morgan fingerprint density at radius 1 is 1.14 bits per heavy atom. The van der Waals surface area contributed by atoms with Crippen molar-refractivity contribution in [3.63, 3.8) is 0 Å². The van der Waals surface area contributed by atoms with Gasteiger partial charge in [-0.25, -0.2) is 9.48 Å². The third kappa shape index (κ3) is 3.57. The monoisotopic (exact) mass is 387 g/mol. The summed E-state index contributed by atoms with van der Waals surface area (Å²) in [6, 6.07) is 14.6. The lowest BCUT2D eigenvalue weighted by atomic mass is 10.0. The van der Waals surface area contributed by atoms with Crippen LogP contribution in [0.4, 0.5) is 5.69 Å². The van der Waals surface area contributed by atoms with E-state index in [0.29, 0.717) is 16.8 Å². The number of hydrogen-bond acceptors (Lipinski definition) is 4. The number of H-pyrrole nitrogens is 1. The van der Waals surface area contributed by atoms with E-state index in [-0.39, 0.29) is 17.6 Å². The Kier molecular flexibility index (Phi) is 4.76. The maximum Gasteiger partial charge on any atom is 0.338 e. The summed E-state index contributed by atoms with van der Waals surface area (Å²) in [7, 11) is 0. The molecule has 29 heavy (non-hydrogen) atoms. The quantitative estimate of drug-likeness (QED) is 0.678. The summed E-state index contributed by atoms with van der Waals surface area (Å²) in [5.41, 5.74) is 5.06. The van der Waals surface area contributed by atoms with Gasteiger partial charge in [-0.1, -0.05) is 18.2 Å². The Morgan fingerprint density at radius 3 is 2.59 bits per heavy atom. The number of ether oxygens (including phenoxy) is 1. The van der Waals surface area contributed by atoms with Gasteiger partial charge in [0.2, 0.25) is 0 Å². The third-order valence-corrected chi connectivity index (χ3v) is 4.68. The van der Waals surface area contributed by atoms with Crippen molar-refractivity contribution in [3.8, 4) is 5.69 Å². The first kappa shape index (κ1) is 18.7. The molecule has 2 aromatic carbocycles. The molecule has 0 amide bonds. The highest BCUT2D eigenvalue weighted by Crippen LogP contribution is 2.32. The zero-order chi connectivity index (χ0) is 20.5. The number of benzene rings is 2. The highest BCUT2D eigenvalue weighted by molar-refractivity contribution is 6.21. The Bertz CT molecular complexity index is 1190. The Balaban J connectivity index is 1.67. The average molecular weight is 387 g/mol. The number of nitrogens with zero attached hydrogens (tertiary/aromatic N) is 2. The van der Waals surface area contributed by atoms with E-state index in [2.05, 4.69) is 10.1 Å². The lowest BCUT2D eigenvalue weighted by Crippen LogP contribution is -2.16. The van der Waals surface area contributed by atoms with Gasteiger partial charge >= 0.3 is 5.97 Å². The Morgan fingerprint density at radius 2 is 1.86 bits per heavy atom. The second-order valence-electron chi connectivity index (χ2n) is 7.17. The van der Waals surface area contributed by atoms with Crippen molar-refractivity contribution in [1.29, 1.82) is 0 Å². The van der Waals surface area contributed by atoms with Crippen molar-refractivity contribution in [2.45, 2.75) is 26.9 Å². The molecule has 0 saturated carbocycles. The molecule has 1 aliphatic heterocycles. The molecule has 0 unspecified atom stereocenters. The number of esters is 1. The molecule has 0 saturated heterocycles. The Labute approximate surface area is 168 Å². The van der Waals surface area contributed by atoms with Crippen LogP contribution in [0.5, 0.6) is 0 Å². The second kappa shape index (κ2) is 7.39. The van der Waals surface area contributed by atoms with E-state index >= 15 is 0 Å². The topological polar surface area (TPSA) is 76.5 Å².